The molecule has 0 saturated carbocycles. The van der Waals surface area contributed by atoms with Crippen LogP contribution in [0.4, 0.5) is 0 Å². The number of hydrogen-bond acceptors (Lipinski definition) is 9. The van der Waals surface area contributed by atoms with Crippen LogP contribution in [-0.2, 0) is 36.8 Å². The lowest BCUT2D eigenvalue weighted by atomic mass is 10.0. The molecule has 4 rings (SSSR count). The number of carbonyl (C=O) groups is 5. The van der Waals surface area contributed by atoms with Gasteiger partial charge in [0.05, 0.1) is 23.6 Å². The zero-order valence-electron chi connectivity index (χ0n) is 28.8. The van der Waals surface area contributed by atoms with E-state index in [1.54, 1.807) is 11.8 Å². The Kier molecular flexibility index (Phi) is 13.5. The van der Waals surface area contributed by atoms with Gasteiger partial charge in [-0.05, 0) is 45.7 Å². The normalized spacial score (nSPS) is 22.8. The summed E-state index contributed by atoms with van der Waals surface area (Å²) < 4.78 is -1.00. The number of nitrogens with one attached hydrogen (secondary N) is 7. The molecule has 2 fully saturated rings. The van der Waals surface area contributed by atoms with Crippen molar-refractivity contribution in [2.45, 2.75) is 85.8 Å². The van der Waals surface area contributed by atoms with Crippen LogP contribution >= 0.6 is 23.5 Å². The lowest BCUT2D eigenvalue weighted by Gasteiger charge is -2.25. The predicted molar refractivity (Wildman–Crippen MR) is 195 cm³/mol. The van der Waals surface area contributed by atoms with Gasteiger partial charge in [0.1, 0.15) is 18.1 Å². The number of likely N-dealkylation sites (N-methyl/N-ethyl adjacent to an activating group) is 1. The van der Waals surface area contributed by atoms with Gasteiger partial charge < -0.3 is 26.6 Å². The van der Waals surface area contributed by atoms with Gasteiger partial charge in [0.15, 0.2) is 0 Å². The van der Waals surface area contributed by atoms with Crippen LogP contribution < -0.4 is 37.2 Å². The molecule has 2 aliphatic heterocycles. The summed E-state index contributed by atoms with van der Waals surface area (Å²) in [6.07, 6.45) is 0.426. The average molecular weight is 712 g/mol. The first-order valence-electron chi connectivity index (χ1n) is 16.6. The minimum absolute atomic E-state index is 0.0766. The van der Waals surface area contributed by atoms with Gasteiger partial charge in [-0.25, -0.2) is 0 Å². The van der Waals surface area contributed by atoms with Crippen molar-refractivity contribution in [3.8, 4) is 0 Å². The van der Waals surface area contributed by atoms with Gasteiger partial charge in [-0.2, -0.15) is 0 Å². The summed E-state index contributed by atoms with van der Waals surface area (Å²) in [6.45, 7) is 10.9. The van der Waals surface area contributed by atoms with Crippen LogP contribution in [0.1, 0.15) is 45.7 Å². The first-order chi connectivity index (χ1) is 23.3. The molecule has 2 heterocycles. The summed E-state index contributed by atoms with van der Waals surface area (Å²) in [4.78, 5) is 64.9. The Morgan fingerprint density at radius 2 is 1.20 bits per heavy atom. The van der Waals surface area contributed by atoms with Crippen molar-refractivity contribution in [1.29, 1.82) is 0 Å². The van der Waals surface area contributed by atoms with E-state index in [-0.39, 0.29) is 54.4 Å². The molecule has 266 valence electrons. The Hall–Kier alpha value is -3.59. The number of amides is 5. The third kappa shape index (κ3) is 10.9. The second-order valence-corrected chi connectivity index (χ2v) is 16.9. The van der Waals surface area contributed by atoms with Crippen molar-refractivity contribution in [1.82, 2.24) is 37.2 Å². The van der Waals surface area contributed by atoms with Gasteiger partial charge >= 0.3 is 0 Å². The van der Waals surface area contributed by atoms with E-state index in [2.05, 4.69) is 37.2 Å². The summed E-state index contributed by atoms with van der Waals surface area (Å²) >= 11 is 3.03. The molecule has 2 aromatic carbocycles. The van der Waals surface area contributed by atoms with E-state index in [9.17, 15) is 24.0 Å². The third-order valence-corrected chi connectivity index (χ3v) is 11.3. The SMILES string of the molecule is CCNC(=O)[C@@H](NC(=O)Cc1ccccc1)[C@@H]1N[C@@H](C(=O)NCCNC(=O)[C@@H]2N[C@@H](CNC(=O)Cc3ccccc3)SC2(C)C)C(C)(C)S1. The van der Waals surface area contributed by atoms with E-state index < -0.39 is 33.0 Å². The molecule has 0 bridgehead atoms. The highest BCUT2D eigenvalue weighted by Crippen LogP contribution is 2.39. The molecule has 0 radical (unpaired) electrons. The quantitative estimate of drug-likeness (QED) is 0.134. The second kappa shape index (κ2) is 17.4. The molecular weight excluding hydrogens is 663 g/mol. The molecule has 14 heteroatoms. The van der Waals surface area contributed by atoms with Crippen LogP contribution in [0.2, 0.25) is 0 Å². The summed E-state index contributed by atoms with van der Waals surface area (Å²) in [6, 6.07) is 16.8. The molecule has 0 spiro atoms. The van der Waals surface area contributed by atoms with Gasteiger partial charge in [0, 0.05) is 35.7 Å². The molecule has 0 aromatic heterocycles. The highest BCUT2D eigenvalue weighted by Gasteiger charge is 2.49. The van der Waals surface area contributed by atoms with Crippen LogP contribution in [0.3, 0.4) is 0 Å². The van der Waals surface area contributed by atoms with Gasteiger partial charge in [-0.1, -0.05) is 60.7 Å². The van der Waals surface area contributed by atoms with Crippen molar-refractivity contribution in [2.75, 3.05) is 26.2 Å². The fourth-order valence-electron chi connectivity index (χ4n) is 5.89. The molecular formula is C35H49N7O5S2. The maximum absolute atomic E-state index is 13.3. The molecule has 7 N–H and O–H groups in total. The summed E-state index contributed by atoms with van der Waals surface area (Å²) in [5.41, 5.74) is 1.77. The van der Waals surface area contributed by atoms with E-state index >= 15 is 0 Å². The van der Waals surface area contributed by atoms with E-state index in [0.29, 0.717) is 19.5 Å². The predicted octanol–water partition coefficient (Wildman–Crippen LogP) is 1.06. The van der Waals surface area contributed by atoms with Gasteiger partial charge in [-0.3, -0.25) is 34.6 Å². The Morgan fingerprint density at radius 1 is 0.694 bits per heavy atom. The first kappa shape index (κ1) is 38.2. The molecule has 5 atom stereocenters. The lowest BCUT2D eigenvalue weighted by Crippen LogP contribution is -2.58. The van der Waals surface area contributed by atoms with Crippen LogP contribution in [0.25, 0.3) is 0 Å². The summed E-state index contributed by atoms with van der Waals surface area (Å²) in [5, 5.41) is 20.4. The summed E-state index contributed by atoms with van der Waals surface area (Å²) in [7, 11) is 0. The Balaban J connectivity index is 1.23. The van der Waals surface area contributed by atoms with E-state index in [0.717, 1.165) is 11.1 Å². The molecule has 0 unspecified atom stereocenters. The van der Waals surface area contributed by atoms with Crippen molar-refractivity contribution in [3.63, 3.8) is 0 Å². The Labute approximate surface area is 297 Å². The van der Waals surface area contributed by atoms with Crippen LogP contribution in [-0.4, -0.2) is 94.1 Å². The molecule has 0 aliphatic carbocycles. The van der Waals surface area contributed by atoms with Crippen molar-refractivity contribution >= 4 is 53.1 Å². The number of hydrogen-bond donors (Lipinski definition) is 7. The van der Waals surface area contributed by atoms with Crippen LogP contribution in [0.5, 0.6) is 0 Å². The second-order valence-electron chi connectivity index (χ2n) is 13.2. The van der Waals surface area contributed by atoms with Crippen molar-refractivity contribution in [3.05, 3.63) is 71.8 Å². The molecule has 49 heavy (non-hydrogen) atoms. The average Bonchev–Trinajstić information content (AvgIpc) is 3.55. The minimum Gasteiger partial charge on any atom is -0.355 e. The van der Waals surface area contributed by atoms with Gasteiger partial charge in [0.25, 0.3) is 0 Å². The topological polar surface area (TPSA) is 170 Å². The number of rotatable bonds is 15. The largest absolute Gasteiger partial charge is 0.355 e. The van der Waals surface area contributed by atoms with E-state index in [1.807, 2.05) is 95.3 Å². The fourth-order valence-corrected chi connectivity index (χ4v) is 8.80. The maximum Gasteiger partial charge on any atom is 0.245 e. The fraction of sp³-hybridized carbons (Fsp3) is 0.514. The number of carbonyl (C=O) groups excluding carboxylic acids is 5. The van der Waals surface area contributed by atoms with Gasteiger partial charge in [0.2, 0.25) is 29.5 Å². The van der Waals surface area contributed by atoms with E-state index in [4.69, 9.17) is 0 Å². The standard InChI is InChI=1S/C35H49N7O5S2/c1-6-36-30(45)27(40-25(44)20-23-15-11-8-12-16-23)33-42-29(35(4,5)49-33)32(47)38-18-17-37-31(46)28-34(2,3)48-26(41-28)21-39-24(43)19-22-13-9-7-10-14-22/h7-16,26-29,33,41-42H,6,17-21H2,1-5H3,(H,36,45)(H,37,46)(H,38,47)(H,39,43)(H,40,44)/t26-,27-,28+,29+,33-/m1/s1. The highest BCUT2D eigenvalue weighted by molar-refractivity contribution is 8.01. The summed E-state index contributed by atoms with van der Waals surface area (Å²) in [5.74, 6) is -1.14. The third-order valence-electron chi connectivity index (χ3n) is 8.35. The Morgan fingerprint density at radius 3 is 1.76 bits per heavy atom. The maximum atomic E-state index is 13.3. The first-order valence-corrected chi connectivity index (χ1v) is 18.4. The highest BCUT2D eigenvalue weighted by atomic mass is 32.2. The Bertz CT molecular complexity index is 1460. The molecule has 2 saturated heterocycles. The lowest BCUT2D eigenvalue weighted by molar-refractivity contribution is -0.129. The molecule has 5 amide bonds. The zero-order valence-corrected chi connectivity index (χ0v) is 30.4. The minimum atomic E-state index is -0.890. The van der Waals surface area contributed by atoms with Gasteiger partial charge in [-0.15, -0.1) is 23.5 Å². The molecule has 12 nitrogen and oxygen atoms in total. The molecule has 2 aliphatic rings. The number of benzene rings is 2. The zero-order chi connectivity index (χ0) is 35.6. The van der Waals surface area contributed by atoms with Crippen molar-refractivity contribution < 1.29 is 24.0 Å². The molecule has 2 aromatic rings. The van der Waals surface area contributed by atoms with Crippen molar-refractivity contribution in [2.24, 2.45) is 0 Å². The van der Waals surface area contributed by atoms with Crippen LogP contribution in [0, 0.1) is 0 Å². The smallest absolute Gasteiger partial charge is 0.245 e. The number of thioether (sulfide) groups is 2. The monoisotopic (exact) mass is 711 g/mol. The van der Waals surface area contributed by atoms with Crippen LogP contribution in [0.15, 0.2) is 60.7 Å². The van der Waals surface area contributed by atoms with E-state index in [1.165, 1.54) is 11.8 Å².